The van der Waals surface area contributed by atoms with E-state index in [1.165, 1.54) is 0 Å². The minimum Gasteiger partial charge on any atom is -0.351 e. The molecule has 0 aliphatic carbocycles. The lowest BCUT2D eigenvalue weighted by Gasteiger charge is -2.11. The van der Waals surface area contributed by atoms with Crippen molar-refractivity contribution in [2.45, 2.75) is 13.3 Å². The Kier molecular flexibility index (Phi) is 1.77. The van der Waals surface area contributed by atoms with E-state index in [-0.39, 0.29) is 12.3 Å². The smallest absolute Gasteiger partial charge is 0.326 e. The zero-order valence-corrected chi connectivity index (χ0v) is 7.78. The number of fused-ring (bicyclic) bond motifs is 1. The largest absolute Gasteiger partial charge is 0.351 e. The molecule has 0 saturated carbocycles. The molecule has 1 aromatic rings. The summed E-state index contributed by atoms with van der Waals surface area (Å²) in [4.78, 5) is 23.4. The second kappa shape index (κ2) is 2.83. The molecule has 72 valence electrons. The summed E-state index contributed by atoms with van der Waals surface area (Å²) in [5.74, 6) is -0.252. The molecule has 0 saturated heterocycles. The van der Waals surface area contributed by atoms with Gasteiger partial charge in [0.2, 0.25) is 5.91 Å². The van der Waals surface area contributed by atoms with Crippen LogP contribution in [0, 0.1) is 6.92 Å². The summed E-state index contributed by atoms with van der Waals surface area (Å²) >= 11 is 0. The predicted octanol–water partition coefficient (Wildman–Crippen LogP) is 0.963. The Morgan fingerprint density at radius 2 is 2.21 bits per heavy atom. The maximum Gasteiger partial charge on any atom is 0.326 e. The van der Waals surface area contributed by atoms with Crippen LogP contribution in [0.3, 0.4) is 0 Å². The maximum atomic E-state index is 11.4. The molecular weight excluding hydrogens is 180 g/mol. The van der Waals surface area contributed by atoms with E-state index in [0.717, 1.165) is 16.0 Å². The van der Waals surface area contributed by atoms with Crippen molar-refractivity contribution in [3.8, 4) is 0 Å². The van der Waals surface area contributed by atoms with Crippen LogP contribution in [0.15, 0.2) is 18.2 Å². The molecule has 1 aromatic carbocycles. The van der Waals surface area contributed by atoms with E-state index in [1.54, 1.807) is 6.07 Å². The van der Waals surface area contributed by atoms with Gasteiger partial charge in [-0.2, -0.15) is 0 Å². The van der Waals surface area contributed by atoms with Crippen molar-refractivity contribution >= 4 is 17.6 Å². The van der Waals surface area contributed by atoms with Crippen LogP contribution in [0.1, 0.15) is 11.1 Å². The fourth-order valence-corrected chi connectivity index (χ4v) is 1.69. The van der Waals surface area contributed by atoms with E-state index in [2.05, 4.69) is 0 Å². The SMILES string of the molecule is Cc1ccc2c(c1)CC(=O)N2C(N)=O. The number of anilines is 1. The van der Waals surface area contributed by atoms with Gasteiger partial charge in [0.1, 0.15) is 0 Å². The molecular formula is C10H10N2O2. The van der Waals surface area contributed by atoms with Gasteiger partial charge in [-0.3, -0.25) is 4.79 Å². The molecule has 0 atom stereocenters. The van der Waals surface area contributed by atoms with Crippen LogP contribution < -0.4 is 10.6 Å². The molecule has 0 aromatic heterocycles. The summed E-state index contributed by atoms with van der Waals surface area (Å²) in [7, 11) is 0. The lowest BCUT2D eigenvalue weighted by atomic mass is 10.1. The molecule has 0 fully saturated rings. The van der Waals surface area contributed by atoms with E-state index in [0.29, 0.717) is 5.69 Å². The molecule has 3 amide bonds. The Balaban J connectivity index is 2.53. The first-order valence-electron chi connectivity index (χ1n) is 4.31. The molecule has 14 heavy (non-hydrogen) atoms. The van der Waals surface area contributed by atoms with Crippen molar-refractivity contribution in [3.63, 3.8) is 0 Å². The van der Waals surface area contributed by atoms with Crippen LogP contribution in [0.25, 0.3) is 0 Å². The fraction of sp³-hybridized carbons (Fsp3) is 0.200. The van der Waals surface area contributed by atoms with Crippen molar-refractivity contribution in [2.75, 3.05) is 4.90 Å². The zero-order chi connectivity index (χ0) is 10.3. The molecule has 1 heterocycles. The highest BCUT2D eigenvalue weighted by molar-refractivity contribution is 6.18. The van der Waals surface area contributed by atoms with Crippen molar-refractivity contribution in [1.82, 2.24) is 0 Å². The van der Waals surface area contributed by atoms with E-state index >= 15 is 0 Å². The molecule has 1 aliphatic rings. The quantitative estimate of drug-likeness (QED) is 0.662. The van der Waals surface area contributed by atoms with Gasteiger partial charge in [0.15, 0.2) is 0 Å². The van der Waals surface area contributed by atoms with Gasteiger partial charge in [-0.25, -0.2) is 9.69 Å². The first-order chi connectivity index (χ1) is 6.59. The summed E-state index contributed by atoms with van der Waals surface area (Å²) < 4.78 is 0. The molecule has 0 unspecified atom stereocenters. The average molecular weight is 190 g/mol. The number of aryl methyl sites for hydroxylation is 1. The number of primary amides is 1. The second-order valence-electron chi connectivity index (χ2n) is 3.38. The molecule has 0 radical (unpaired) electrons. The third-order valence-corrected chi connectivity index (χ3v) is 2.29. The Hall–Kier alpha value is -1.84. The zero-order valence-electron chi connectivity index (χ0n) is 7.78. The summed E-state index contributed by atoms with van der Waals surface area (Å²) in [6.07, 6.45) is 0.264. The van der Waals surface area contributed by atoms with E-state index in [1.807, 2.05) is 19.1 Å². The lowest BCUT2D eigenvalue weighted by Crippen LogP contribution is -2.38. The van der Waals surface area contributed by atoms with Crippen molar-refractivity contribution in [2.24, 2.45) is 5.73 Å². The number of carbonyl (C=O) groups excluding carboxylic acids is 2. The van der Waals surface area contributed by atoms with E-state index < -0.39 is 6.03 Å². The second-order valence-corrected chi connectivity index (χ2v) is 3.38. The van der Waals surface area contributed by atoms with Crippen LogP contribution in [-0.4, -0.2) is 11.9 Å². The number of amides is 3. The topological polar surface area (TPSA) is 63.4 Å². The number of hydrogen-bond donors (Lipinski definition) is 1. The van der Waals surface area contributed by atoms with Gasteiger partial charge in [-0.1, -0.05) is 17.7 Å². The molecule has 0 bridgehead atoms. The van der Waals surface area contributed by atoms with Gasteiger partial charge < -0.3 is 5.73 Å². The van der Waals surface area contributed by atoms with Crippen molar-refractivity contribution in [1.29, 1.82) is 0 Å². The van der Waals surface area contributed by atoms with E-state index in [4.69, 9.17) is 5.73 Å². The summed E-state index contributed by atoms with van der Waals surface area (Å²) in [6.45, 7) is 1.94. The number of benzene rings is 1. The number of nitrogens with zero attached hydrogens (tertiary/aromatic N) is 1. The number of hydrogen-bond acceptors (Lipinski definition) is 2. The fourth-order valence-electron chi connectivity index (χ4n) is 1.69. The standard InChI is InChI=1S/C10H10N2O2/c1-6-2-3-8-7(4-6)5-9(13)12(8)10(11)14/h2-4H,5H2,1H3,(H2,11,14). The summed E-state index contributed by atoms with van der Waals surface area (Å²) in [6, 6.07) is 4.79. The molecule has 1 aliphatic heterocycles. The molecule has 2 rings (SSSR count). The van der Waals surface area contributed by atoms with Crippen LogP contribution in [-0.2, 0) is 11.2 Å². The van der Waals surface area contributed by atoms with Gasteiger partial charge in [0.25, 0.3) is 0 Å². The number of rotatable bonds is 0. The highest BCUT2D eigenvalue weighted by atomic mass is 16.2. The molecule has 4 nitrogen and oxygen atoms in total. The number of carbonyl (C=O) groups is 2. The lowest BCUT2D eigenvalue weighted by molar-refractivity contribution is -0.116. The molecule has 2 N–H and O–H groups in total. The summed E-state index contributed by atoms with van der Waals surface area (Å²) in [5, 5.41) is 0. The Labute approximate surface area is 81.3 Å². The van der Waals surface area contributed by atoms with E-state index in [9.17, 15) is 9.59 Å². The van der Waals surface area contributed by atoms with Gasteiger partial charge >= 0.3 is 6.03 Å². The third kappa shape index (κ3) is 1.16. The van der Waals surface area contributed by atoms with Crippen LogP contribution in [0.4, 0.5) is 10.5 Å². The Bertz CT molecular complexity index is 426. The highest BCUT2D eigenvalue weighted by Gasteiger charge is 2.30. The monoisotopic (exact) mass is 190 g/mol. The maximum absolute atomic E-state index is 11.4. The van der Waals surface area contributed by atoms with Crippen LogP contribution in [0.2, 0.25) is 0 Å². The predicted molar refractivity (Wildman–Crippen MR) is 52.0 cm³/mol. The minimum atomic E-state index is -0.711. The average Bonchev–Trinajstić information content (AvgIpc) is 2.39. The van der Waals surface area contributed by atoms with Crippen LogP contribution >= 0.6 is 0 Å². The van der Waals surface area contributed by atoms with Gasteiger partial charge in [0.05, 0.1) is 12.1 Å². The Morgan fingerprint density at radius 3 is 2.86 bits per heavy atom. The molecule has 0 spiro atoms. The Morgan fingerprint density at radius 1 is 1.50 bits per heavy atom. The molecule has 4 heteroatoms. The van der Waals surface area contributed by atoms with Crippen molar-refractivity contribution < 1.29 is 9.59 Å². The van der Waals surface area contributed by atoms with Gasteiger partial charge in [-0.15, -0.1) is 0 Å². The summed E-state index contributed by atoms with van der Waals surface area (Å²) in [5.41, 5.74) is 7.67. The first kappa shape index (κ1) is 8.74. The highest BCUT2D eigenvalue weighted by Crippen LogP contribution is 2.29. The van der Waals surface area contributed by atoms with Gasteiger partial charge in [-0.05, 0) is 18.6 Å². The number of urea groups is 1. The van der Waals surface area contributed by atoms with Crippen molar-refractivity contribution in [3.05, 3.63) is 29.3 Å². The van der Waals surface area contributed by atoms with Gasteiger partial charge in [0, 0.05) is 0 Å². The number of imide groups is 1. The minimum absolute atomic E-state index is 0.252. The van der Waals surface area contributed by atoms with Crippen LogP contribution in [0.5, 0.6) is 0 Å². The first-order valence-corrected chi connectivity index (χ1v) is 4.31. The number of nitrogens with two attached hydrogens (primary N) is 1. The third-order valence-electron chi connectivity index (χ3n) is 2.29. The normalized spacial score (nSPS) is 14.4.